The number of likely N-dealkylation sites (N-methyl/N-ethyl adjacent to an activating group) is 1. The third-order valence-electron chi connectivity index (χ3n) is 4.67. The highest BCUT2D eigenvalue weighted by Crippen LogP contribution is 2.09. The summed E-state index contributed by atoms with van der Waals surface area (Å²) in [6.07, 6.45) is 6.70. The van der Waals surface area contributed by atoms with Gasteiger partial charge in [-0.2, -0.15) is 0 Å². The molecule has 5 nitrogen and oxygen atoms in total. The minimum absolute atomic E-state index is 0. The molecular weight excluding hydrogens is 401 g/mol. The summed E-state index contributed by atoms with van der Waals surface area (Å²) >= 11 is 0. The predicted octanol–water partition coefficient (Wildman–Crippen LogP) is 1.76. The molecule has 1 unspecified atom stereocenters. The van der Waals surface area contributed by atoms with Gasteiger partial charge >= 0.3 is 0 Å². The van der Waals surface area contributed by atoms with Crippen LogP contribution in [0.1, 0.15) is 26.7 Å². The summed E-state index contributed by atoms with van der Waals surface area (Å²) in [6.45, 7) is 12.8. The van der Waals surface area contributed by atoms with Gasteiger partial charge in [0, 0.05) is 52.4 Å². The van der Waals surface area contributed by atoms with Crippen LogP contribution in [0.2, 0.25) is 0 Å². The zero-order chi connectivity index (χ0) is 15.8. The Morgan fingerprint density at radius 3 is 2.35 bits per heavy atom. The molecule has 2 rings (SSSR count). The molecule has 1 aliphatic carbocycles. The Balaban J connectivity index is 0.00000264. The molecule has 23 heavy (non-hydrogen) atoms. The maximum absolute atomic E-state index is 4.34. The fraction of sp³-hybridized carbons (Fsp3) is 0.824. The Hall–Kier alpha value is -0.340. The lowest BCUT2D eigenvalue weighted by molar-refractivity contribution is 0.124. The van der Waals surface area contributed by atoms with E-state index in [1.807, 2.05) is 7.05 Å². The largest absolute Gasteiger partial charge is 0.356 e. The molecule has 0 aromatic carbocycles. The number of guanidine groups is 1. The molecule has 1 fully saturated rings. The molecule has 1 saturated heterocycles. The van der Waals surface area contributed by atoms with E-state index in [4.69, 9.17) is 0 Å². The van der Waals surface area contributed by atoms with Crippen LogP contribution in [0.5, 0.6) is 0 Å². The number of halogens is 1. The van der Waals surface area contributed by atoms with E-state index in [0.29, 0.717) is 12.0 Å². The van der Waals surface area contributed by atoms with Crippen molar-refractivity contribution in [1.82, 2.24) is 20.4 Å². The Morgan fingerprint density at radius 2 is 1.78 bits per heavy atom. The van der Waals surface area contributed by atoms with Crippen molar-refractivity contribution in [2.24, 2.45) is 10.9 Å². The quantitative estimate of drug-likeness (QED) is 0.289. The van der Waals surface area contributed by atoms with Gasteiger partial charge in [0.1, 0.15) is 0 Å². The molecule has 0 saturated carbocycles. The Kier molecular flexibility index (Phi) is 10.1. The minimum Gasteiger partial charge on any atom is -0.356 e. The van der Waals surface area contributed by atoms with E-state index in [0.717, 1.165) is 25.3 Å². The van der Waals surface area contributed by atoms with Crippen molar-refractivity contribution in [3.8, 4) is 0 Å². The van der Waals surface area contributed by atoms with Crippen molar-refractivity contribution < 1.29 is 0 Å². The van der Waals surface area contributed by atoms with Crippen LogP contribution in [0.3, 0.4) is 0 Å². The number of nitrogens with zero attached hydrogens (tertiary/aromatic N) is 3. The molecule has 2 aliphatic rings. The number of hydrogen-bond acceptors (Lipinski definition) is 3. The van der Waals surface area contributed by atoms with Crippen LogP contribution >= 0.6 is 24.0 Å². The topological polar surface area (TPSA) is 42.9 Å². The fourth-order valence-corrected chi connectivity index (χ4v) is 3.19. The van der Waals surface area contributed by atoms with Gasteiger partial charge in [0.25, 0.3) is 0 Å². The first-order chi connectivity index (χ1) is 10.7. The highest BCUT2D eigenvalue weighted by Gasteiger charge is 2.18. The highest BCUT2D eigenvalue weighted by molar-refractivity contribution is 14.0. The van der Waals surface area contributed by atoms with Gasteiger partial charge in [-0.3, -0.25) is 4.99 Å². The van der Waals surface area contributed by atoms with Crippen LogP contribution < -0.4 is 10.6 Å². The van der Waals surface area contributed by atoms with Crippen LogP contribution in [0.15, 0.2) is 17.1 Å². The van der Waals surface area contributed by atoms with Gasteiger partial charge in [-0.05, 0) is 25.3 Å². The smallest absolute Gasteiger partial charge is 0.191 e. The van der Waals surface area contributed by atoms with E-state index in [9.17, 15) is 0 Å². The second-order valence-corrected chi connectivity index (χ2v) is 6.58. The number of piperazine rings is 1. The predicted molar refractivity (Wildman–Crippen MR) is 110 cm³/mol. The third kappa shape index (κ3) is 7.39. The summed E-state index contributed by atoms with van der Waals surface area (Å²) in [5, 5.41) is 6.97. The van der Waals surface area contributed by atoms with E-state index in [2.05, 4.69) is 51.4 Å². The lowest BCUT2D eigenvalue weighted by atomic mass is 10.1. The maximum atomic E-state index is 4.34. The third-order valence-corrected chi connectivity index (χ3v) is 4.67. The zero-order valence-electron chi connectivity index (χ0n) is 14.9. The Morgan fingerprint density at radius 1 is 1.17 bits per heavy atom. The molecule has 1 heterocycles. The van der Waals surface area contributed by atoms with Crippen LogP contribution in [0, 0.1) is 5.92 Å². The second kappa shape index (κ2) is 11.3. The molecule has 0 bridgehead atoms. The Bertz CT molecular complexity index is 369. The van der Waals surface area contributed by atoms with Gasteiger partial charge in [-0.1, -0.05) is 26.0 Å². The van der Waals surface area contributed by atoms with Crippen molar-refractivity contribution in [1.29, 1.82) is 0 Å². The van der Waals surface area contributed by atoms with Crippen molar-refractivity contribution in [3.63, 3.8) is 0 Å². The van der Waals surface area contributed by atoms with E-state index in [1.165, 1.54) is 39.3 Å². The summed E-state index contributed by atoms with van der Waals surface area (Å²) < 4.78 is 0. The summed E-state index contributed by atoms with van der Waals surface area (Å²) in [7, 11) is 1.85. The van der Waals surface area contributed by atoms with E-state index < -0.39 is 0 Å². The lowest BCUT2D eigenvalue weighted by Crippen LogP contribution is -2.49. The van der Waals surface area contributed by atoms with Crippen LogP contribution in [0.4, 0.5) is 0 Å². The average Bonchev–Trinajstić information content (AvgIpc) is 3.05. The molecule has 0 aromatic rings. The van der Waals surface area contributed by atoms with Gasteiger partial charge < -0.3 is 20.4 Å². The van der Waals surface area contributed by atoms with Crippen LogP contribution in [-0.4, -0.2) is 74.7 Å². The molecule has 134 valence electrons. The molecule has 0 radical (unpaired) electrons. The van der Waals surface area contributed by atoms with Gasteiger partial charge in [-0.25, -0.2) is 0 Å². The first kappa shape index (κ1) is 20.7. The Labute approximate surface area is 159 Å². The number of aliphatic imine (C=N–C) groups is 1. The molecule has 0 amide bonds. The summed E-state index contributed by atoms with van der Waals surface area (Å²) in [6, 6.07) is 0.517. The van der Waals surface area contributed by atoms with Crippen molar-refractivity contribution >= 4 is 29.9 Å². The molecule has 1 atom stereocenters. The zero-order valence-corrected chi connectivity index (χ0v) is 17.3. The monoisotopic (exact) mass is 435 g/mol. The SMILES string of the molecule is CCN1CCN(CC(C)CNC(=NC)NC2CC=CC2)CC1.I. The molecule has 2 N–H and O–H groups in total. The van der Waals surface area contributed by atoms with Crippen LogP contribution in [-0.2, 0) is 0 Å². The van der Waals surface area contributed by atoms with Crippen molar-refractivity contribution in [2.75, 3.05) is 52.9 Å². The standard InChI is InChI=1S/C17H33N5.HI/c1-4-21-9-11-22(12-10-21)14-15(2)13-19-17(18-3)20-16-7-5-6-8-16;/h5-6,15-16H,4,7-14H2,1-3H3,(H2,18,19,20);1H. The van der Waals surface area contributed by atoms with Gasteiger partial charge in [-0.15, -0.1) is 24.0 Å². The number of nitrogens with one attached hydrogen (secondary N) is 2. The van der Waals surface area contributed by atoms with Crippen molar-refractivity contribution in [3.05, 3.63) is 12.2 Å². The van der Waals surface area contributed by atoms with E-state index >= 15 is 0 Å². The molecule has 0 spiro atoms. The maximum Gasteiger partial charge on any atom is 0.191 e. The normalized spacial score (nSPS) is 22.0. The van der Waals surface area contributed by atoms with E-state index in [1.54, 1.807) is 0 Å². The first-order valence-electron chi connectivity index (χ1n) is 8.78. The second-order valence-electron chi connectivity index (χ2n) is 6.58. The molecular formula is C17H34IN5. The molecule has 6 heteroatoms. The fourth-order valence-electron chi connectivity index (χ4n) is 3.19. The van der Waals surface area contributed by atoms with Crippen molar-refractivity contribution in [2.45, 2.75) is 32.7 Å². The van der Waals surface area contributed by atoms with Gasteiger partial charge in [0.05, 0.1) is 0 Å². The lowest BCUT2D eigenvalue weighted by Gasteiger charge is -2.35. The highest BCUT2D eigenvalue weighted by atomic mass is 127. The summed E-state index contributed by atoms with van der Waals surface area (Å²) in [4.78, 5) is 9.46. The van der Waals surface area contributed by atoms with Crippen LogP contribution in [0.25, 0.3) is 0 Å². The average molecular weight is 435 g/mol. The summed E-state index contributed by atoms with van der Waals surface area (Å²) in [5.74, 6) is 1.57. The first-order valence-corrected chi connectivity index (χ1v) is 8.78. The number of hydrogen-bond donors (Lipinski definition) is 2. The molecule has 0 aromatic heterocycles. The van der Waals surface area contributed by atoms with Gasteiger partial charge in [0.15, 0.2) is 5.96 Å². The van der Waals surface area contributed by atoms with E-state index in [-0.39, 0.29) is 24.0 Å². The van der Waals surface area contributed by atoms with Gasteiger partial charge in [0.2, 0.25) is 0 Å². The summed E-state index contributed by atoms with van der Waals surface area (Å²) in [5.41, 5.74) is 0. The number of rotatable bonds is 6. The molecule has 1 aliphatic heterocycles. The minimum atomic E-state index is 0.